The first-order valence-corrected chi connectivity index (χ1v) is 5.55. The summed E-state index contributed by atoms with van der Waals surface area (Å²) in [4.78, 5) is -2.42. The molecule has 0 saturated heterocycles. The van der Waals surface area contributed by atoms with Crippen LogP contribution in [0.25, 0.3) is 0 Å². The molecule has 84 valence electrons. The molecule has 0 aliphatic rings. The van der Waals surface area contributed by atoms with Crippen LogP contribution in [0.3, 0.4) is 0 Å². The zero-order valence-corrected chi connectivity index (χ0v) is 11.8. The van der Waals surface area contributed by atoms with Crippen molar-refractivity contribution < 1.29 is 52.0 Å². The topological polar surface area (TPSA) is 77.4 Å². The summed E-state index contributed by atoms with van der Waals surface area (Å²) in [6.45, 7) is 0.889. The van der Waals surface area contributed by atoms with Gasteiger partial charge in [0.2, 0.25) is 0 Å². The summed E-state index contributed by atoms with van der Waals surface area (Å²) < 4.78 is 44.7. The van der Waals surface area contributed by atoms with Crippen LogP contribution in [0.5, 0.6) is 0 Å². The smallest absolute Gasteiger partial charge is 0.746 e. The molecule has 0 heterocycles. The quantitative estimate of drug-likeness (QED) is 0.484. The molecule has 4 nitrogen and oxygen atoms in total. The third kappa shape index (κ3) is 4.12. The van der Waals surface area contributed by atoms with Gasteiger partial charge in [-0.2, -0.15) is 0 Å². The van der Waals surface area contributed by atoms with Crippen molar-refractivity contribution in [3.05, 3.63) is 35.6 Å². The molecule has 0 radical (unpaired) electrons. The molecular formula is C9H10FNaO4S. The van der Waals surface area contributed by atoms with Crippen molar-refractivity contribution in [3.63, 3.8) is 0 Å². The predicted octanol–water partition coefficient (Wildman–Crippen LogP) is -2.37. The first-order valence-electron chi connectivity index (χ1n) is 4.15. The van der Waals surface area contributed by atoms with E-state index in [1.807, 2.05) is 0 Å². The average Bonchev–Trinajstić information content (AvgIpc) is 2.00. The van der Waals surface area contributed by atoms with Crippen molar-refractivity contribution in [2.24, 2.45) is 0 Å². The van der Waals surface area contributed by atoms with Gasteiger partial charge in [0.25, 0.3) is 0 Å². The first-order chi connectivity index (χ1) is 6.72. The summed E-state index contributed by atoms with van der Waals surface area (Å²) in [7, 11) is -4.83. The molecule has 7 heteroatoms. The third-order valence-electron chi connectivity index (χ3n) is 1.96. The molecular weight excluding hydrogens is 246 g/mol. The minimum atomic E-state index is -4.83. The second-order valence-electron chi connectivity index (χ2n) is 3.44. The molecule has 1 atom stereocenters. The Labute approximate surface area is 116 Å². The SMILES string of the molecule is CC(O)(Cc1cccc(F)c1)S(=O)(=O)[O-].[Na+]. The van der Waals surface area contributed by atoms with E-state index in [9.17, 15) is 22.5 Å². The molecule has 0 spiro atoms. The molecule has 1 unspecified atom stereocenters. The maximum Gasteiger partial charge on any atom is 1.00 e. The van der Waals surface area contributed by atoms with Crippen LogP contribution in [0, 0.1) is 5.82 Å². The van der Waals surface area contributed by atoms with Crippen molar-refractivity contribution in [2.75, 3.05) is 0 Å². The van der Waals surface area contributed by atoms with Crippen LogP contribution in [0.4, 0.5) is 4.39 Å². The van der Waals surface area contributed by atoms with Gasteiger partial charge in [-0.3, -0.25) is 0 Å². The number of hydrogen-bond acceptors (Lipinski definition) is 4. The Kier molecular flexibility index (Phi) is 5.58. The Hall–Kier alpha value is 0.0200. The van der Waals surface area contributed by atoms with E-state index in [2.05, 4.69) is 0 Å². The second kappa shape index (κ2) is 5.57. The standard InChI is InChI=1S/C9H11FO4S.Na/c1-9(11,15(12,13)14)6-7-3-2-4-8(10)5-7;/h2-5,11H,6H2,1H3,(H,12,13,14);/q;+1/p-1. The molecule has 1 aromatic carbocycles. The minimum absolute atomic E-state index is 0. The molecule has 1 rings (SSSR count). The van der Waals surface area contributed by atoms with E-state index in [-0.39, 0.29) is 35.1 Å². The van der Waals surface area contributed by atoms with Crippen molar-refractivity contribution >= 4 is 10.1 Å². The molecule has 0 aliphatic heterocycles. The van der Waals surface area contributed by atoms with E-state index >= 15 is 0 Å². The maximum atomic E-state index is 12.7. The fourth-order valence-corrected chi connectivity index (χ4v) is 1.46. The summed E-state index contributed by atoms with van der Waals surface area (Å²) >= 11 is 0. The Balaban J connectivity index is 0.00000225. The van der Waals surface area contributed by atoms with Gasteiger partial charge < -0.3 is 9.66 Å². The first kappa shape index (κ1) is 16.0. The molecule has 0 fully saturated rings. The summed E-state index contributed by atoms with van der Waals surface area (Å²) in [6, 6.07) is 5.06. The van der Waals surface area contributed by atoms with Crippen LogP contribution in [0.2, 0.25) is 0 Å². The van der Waals surface area contributed by atoms with E-state index in [1.54, 1.807) is 0 Å². The number of aliphatic hydroxyl groups is 1. The van der Waals surface area contributed by atoms with Crippen LogP contribution >= 0.6 is 0 Å². The summed E-state index contributed by atoms with van der Waals surface area (Å²) in [5, 5.41) is 9.37. The van der Waals surface area contributed by atoms with E-state index in [0.717, 1.165) is 13.0 Å². The molecule has 0 saturated carbocycles. The average molecular weight is 256 g/mol. The molecule has 0 amide bonds. The van der Waals surface area contributed by atoms with Crippen molar-refractivity contribution in [2.45, 2.75) is 18.3 Å². The summed E-state index contributed by atoms with van der Waals surface area (Å²) in [6.07, 6.45) is -0.434. The Morgan fingerprint density at radius 2 is 2.06 bits per heavy atom. The Bertz CT molecular complexity index is 458. The molecule has 16 heavy (non-hydrogen) atoms. The minimum Gasteiger partial charge on any atom is -0.746 e. The zero-order chi connectivity index (χ0) is 11.7. The Morgan fingerprint density at radius 3 is 2.50 bits per heavy atom. The van der Waals surface area contributed by atoms with E-state index in [1.165, 1.54) is 18.2 Å². The van der Waals surface area contributed by atoms with Crippen molar-refractivity contribution in [1.82, 2.24) is 0 Å². The largest absolute Gasteiger partial charge is 1.00 e. The van der Waals surface area contributed by atoms with Crippen LogP contribution in [-0.2, 0) is 16.5 Å². The van der Waals surface area contributed by atoms with Crippen LogP contribution in [-0.4, -0.2) is 23.0 Å². The predicted molar refractivity (Wildman–Crippen MR) is 50.4 cm³/mol. The molecule has 1 N–H and O–H groups in total. The van der Waals surface area contributed by atoms with Crippen LogP contribution < -0.4 is 29.6 Å². The van der Waals surface area contributed by atoms with E-state index < -0.39 is 27.3 Å². The third-order valence-corrected chi connectivity index (χ3v) is 3.18. The molecule has 0 bridgehead atoms. The van der Waals surface area contributed by atoms with Gasteiger partial charge in [0.05, 0.1) is 0 Å². The van der Waals surface area contributed by atoms with Crippen molar-refractivity contribution in [3.8, 4) is 0 Å². The zero-order valence-electron chi connectivity index (χ0n) is 8.97. The Morgan fingerprint density at radius 1 is 1.50 bits per heavy atom. The van der Waals surface area contributed by atoms with Gasteiger partial charge in [-0.25, -0.2) is 12.8 Å². The van der Waals surface area contributed by atoms with Gasteiger partial charge in [-0.1, -0.05) is 12.1 Å². The summed E-state index contributed by atoms with van der Waals surface area (Å²) in [5.74, 6) is -0.549. The van der Waals surface area contributed by atoms with Gasteiger partial charge in [0.15, 0.2) is 4.93 Å². The molecule has 0 aliphatic carbocycles. The maximum absolute atomic E-state index is 12.7. The monoisotopic (exact) mass is 256 g/mol. The van der Waals surface area contributed by atoms with Crippen LogP contribution in [0.1, 0.15) is 12.5 Å². The van der Waals surface area contributed by atoms with Gasteiger partial charge in [0.1, 0.15) is 15.9 Å². The normalized spacial score (nSPS) is 15.0. The van der Waals surface area contributed by atoms with Gasteiger partial charge >= 0.3 is 29.6 Å². The number of benzene rings is 1. The van der Waals surface area contributed by atoms with E-state index in [0.29, 0.717) is 0 Å². The fraction of sp³-hybridized carbons (Fsp3) is 0.333. The summed E-state index contributed by atoms with van der Waals surface area (Å²) in [5.41, 5.74) is 0.249. The van der Waals surface area contributed by atoms with Crippen molar-refractivity contribution in [1.29, 1.82) is 0 Å². The van der Waals surface area contributed by atoms with Crippen LogP contribution in [0.15, 0.2) is 24.3 Å². The van der Waals surface area contributed by atoms with Gasteiger partial charge in [0, 0.05) is 6.42 Å². The number of hydrogen-bond donors (Lipinski definition) is 1. The molecule has 0 aromatic heterocycles. The van der Waals surface area contributed by atoms with Gasteiger partial charge in [-0.15, -0.1) is 0 Å². The number of halogens is 1. The van der Waals surface area contributed by atoms with Gasteiger partial charge in [-0.05, 0) is 24.6 Å². The second-order valence-corrected chi connectivity index (χ2v) is 5.22. The number of rotatable bonds is 3. The fourth-order valence-electron chi connectivity index (χ4n) is 1.11. The van der Waals surface area contributed by atoms with E-state index in [4.69, 9.17) is 0 Å². The molecule has 1 aromatic rings.